The first-order valence-corrected chi connectivity index (χ1v) is 8.67. The second kappa shape index (κ2) is 7.35. The van der Waals surface area contributed by atoms with E-state index in [1.807, 2.05) is 11.8 Å². The van der Waals surface area contributed by atoms with Crippen LogP contribution >= 0.6 is 0 Å². The SMILES string of the molecule is Cc1nc(CN(C)[C@@H]2CCCN(C(=O)c3c(C)noc3C)CC2)no1. The number of hydrogen-bond acceptors (Lipinski definition) is 7. The molecule has 0 aromatic carbocycles. The van der Waals surface area contributed by atoms with Crippen LogP contribution in [0.15, 0.2) is 9.05 Å². The number of aryl methyl sites for hydroxylation is 3. The van der Waals surface area contributed by atoms with Gasteiger partial charge in [-0.05, 0) is 40.2 Å². The lowest BCUT2D eigenvalue weighted by molar-refractivity contribution is 0.0755. The van der Waals surface area contributed by atoms with Crippen LogP contribution in [0, 0.1) is 20.8 Å². The van der Waals surface area contributed by atoms with Crippen LogP contribution in [0.5, 0.6) is 0 Å². The largest absolute Gasteiger partial charge is 0.361 e. The van der Waals surface area contributed by atoms with Crippen molar-refractivity contribution in [3.63, 3.8) is 0 Å². The Morgan fingerprint density at radius 1 is 1.20 bits per heavy atom. The number of likely N-dealkylation sites (tertiary alicyclic amines) is 1. The van der Waals surface area contributed by atoms with E-state index in [0.29, 0.717) is 41.3 Å². The van der Waals surface area contributed by atoms with Crippen LogP contribution in [0.2, 0.25) is 0 Å². The monoisotopic (exact) mass is 347 g/mol. The molecule has 1 atom stereocenters. The van der Waals surface area contributed by atoms with E-state index < -0.39 is 0 Å². The van der Waals surface area contributed by atoms with Gasteiger partial charge in [0, 0.05) is 26.1 Å². The minimum atomic E-state index is 0.0216. The number of nitrogens with zero attached hydrogens (tertiary/aromatic N) is 5. The maximum absolute atomic E-state index is 12.8. The molecule has 1 aliphatic rings. The summed E-state index contributed by atoms with van der Waals surface area (Å²) in [7, 11) is 2.07. The molecule has 0 aliphatic carbocycles. The number of carbonyl (C=O) groups excluding carboxylic acids is 1. The Balaban J connectivity index is 1.61. The third-order valence-electron chi connectivity index (χ3n) is 4.82. The number of rotatable bonds is 4. The molecule has 1 fully saturated rings. The van der Waals surface area contributed by atoms with Gasteiger partial charge in [-0.3, -0.25) is 9.69 Å². The number of aromatic nitrogens is 3. The van der Waals surface area contributed by atoms with E-state index in [1.54, 1.807) is 13.8 Å². The number of carbonyl (C=O) groups is 1. The third-order valence-corrected chi connectivity index (χ3v) is 4.82. The van der Waals surface area contributed by atoms with Gasteiger partial charge in [-0.15, -0.1) is 0 Å². The van der Waals surface area contributed by atoms with Crippen molar-refractivity contribution in [3.8, 4) is 0 Å². The average Bonchev–Trinajstić information content (AvgIpc) is 3.02. The lowest BCUT2D eigenvalue weighted by Crippen LogP contribution is -2.35. The second-order valence-corrected chi connectivity index (χ2v) is 6.72. The average molecular weight is 347 g/mol. The highest BCUT2D eigenvalue weighted by Gasteiger charge is 2.27. The van der Waals surface area contributed by atoms with Crippen LogP contribution in [0.4, 0.5) is 0 Å². The minimum absolute atomic E-state index is 0.0216. The van der Waals surface area contributed by atoms with E-state index in [2.05, 4.69) is 27.2 Å². The van der Waals surface area contributed by atoms with Gasteiger partial charge in [-0.25, -0.2) is 0 Å². The predicted molar refractivity (Wildman–Crippen MR) is 90.0 cm³/mol. The molecular formula is C17H25N5O3. The Bertz CT molecular complexity index is 719. The molecule has 2 aromatic heterocycles. The number of hydrogen-bond donors (Lipinski definition) is 0. The summed E-state index contributed by atoms with van der Waals surface area (Å²) in [5, 5.41) is 7.85. The Labute approximate surface area is 147 Å². The molecule has 25 heavy (non-hydrogen) atoms. The van der Waals surface area contributed by atoms with Gasteiger partial charge in [0.1, 0.15) is 11.3 Å². The number of amides is 1. The van der Waals surface area contributed by atoms with Gasteiger partial charge in [-0.2, -0.15) is 4.98 Å². The molecule has 0 N–H and O–H groups in total. The van der Waals surface area contributed by atoms with E-state index in [4.69, 9.17) is 9.05 Å². The zero-order valence-electron chi connectivity index (χ0n) is 15.3. The summed E-state index contributed by atoms with van der Waals surface area (Å²) in [5.41, 5.74) is 1.27. The van der Waals surface area contributed by atoms with Crippen LogP contribution in [0.25, 0.3) is 0 Å². The Morgan fingerprint density at radius 3 is 2.64 bits per heavy atom. The lowest BCUT2D eigenvalue weighted by atomic mass is 10.1. The summed E-state index contributed by atoms with van der Waals surface area (Å²) >= 11 is 0. The molecule has 3 heterocycles. The molecule has 0 saturated carbocycles. The Hall–Kier alpha value is -2.22. The Morgan fingerprint density at radius 2 is 2.00 bits per heavy atom. The highest BCUT2D eigenvalue weighted by molar-refractivity contribution is 5.96. The predicted octanol–water partition coefficient (Wildman–Crippen LogP) is 2.11. The van der Waals surface area contributed by atoms with Crippen LogP contribution in [0.1, 0.15) is 52.8 Å². The van der Waals surface area contributed by atoms with Crippen LogP contribution in [-0.2, 0) is 6.54 Å². The molecule has 0 spiro atoms. The van der Waals surface area contributed by atoms with E-state index in [0.717, 1.165) is 32.4 Å². The van der Waals surface area contributed by atoms with E-state index in [1.165, 1.54) is 0 Å². The smallest absolute Gasteiger partial charge is 0.259 e. The second-order valence-electron chi connectivity index (χ2n) is 6.72. The lowest BCUT2D eigenvalue weighted by Gasteiger charge is -2.26. The maximum atomic E-state index is 12.8. The molecule has 1 aliphatic heterocycles. The first-order valence-electron chi connectivity index (χ1n) is 8.67. The molecule has 1 saturated heterocycles. The summed E-state index contributed by atoms with van der Waals surface area (Å²) in [4.78, 5) is 21.2. The summed E-state index contributed by atoms with van der Waals surface area (Å²) in [5.74, 6) is 1.90. The summed E-state index contributed by atoms with van der Waals surface area (Å²) in [6.07, 6.45) is 2.93. The fourth-order valence-electron chi connectivity index (χ4n) is 3.43. The van der Waals surface area contributed by atoms with Crippen molar-refractivity contribution in [2.75, 3.05) is 20.1 Å². The van der Waals surface area contributed by atoms with Crippen molar-refractivity contribution >= 4 is 5.91 Å². The van der Waals surface area contributed by atoms with Gasteiger partial charge in [0.15, 0.2) is 5.82 Å². The van der Waals surface area contributed by atoms with Gasteiger partial charge >= 0.3 is 0 Å². The molecule has 3 rings (SSSR count). The van der Waals surface area contributed by atoms with E-state index in [9.17, 15) is 4.79 Å². The Kier molecular flexibility index (Phi) is 5.17. The fraction of sp³-hybridized carbons (Fsp3) is 0.647. The van der Waals surface area contributed by atoms with Crippen molar-refractivity contribution < 1.29 is 13.8 Å². The quantitative estimate of drug-likeness (QED) is 0.837. The van der Waals surface area contributed by atoms with Crippen LogP contribution in [-0.4, -0.2) is 57.2 Å². The molecule has 8 nitrogen and oxygen atoms in total. The van der Waals surface area contributed by atoms with Gasteiger partial charge in [0.2, 0.25) is 5.89 Å². The first kappa shape index (κ1) is 17.6. The standard InChI is InChI=1S/C17H25N5O3/c1-11-16(12(2)24-19-11)17(23)22-8-5-6-14(7-9-22)21(4)10-15-18-13(3)25-20-15/h14H,5-10H2,1-4H3/t14-/m1/s1. The topological polar surface area (TPSA) is 88.5 Å². The molecule has 136 valence electrons. The van der Waals surface area contributed by atoms with Crippen molar-refractivity contribution in [1.82, 2.24) is 25.1 Å². The minimum Gasteiger partial charge on any atom is -0.361 e. The molecular weight excluding hydrogens is 322 g/mol. The zero-order valence-corrected chi connectivity index (χ0v) is 15.3. The fourth-order valence-corrected chi connectivity index (χ4v) is 3.43. The van der Waals surface area contributed by atoms with Gasteiger partial charge in [0.05, 0.1) is 12.2 Å². The van der Waals surface area contributed by atoms with Crippen LogP contribution in [0.3, 0.4) is 0 Å². The van der Waals surface area contributed by atoms with E-state index in [-0.39, 0.29) is 5.91 Å². The summed E-state index contributed by atoms with van der Waals surface area (Å²) in [6, 6.07) is 0.390. The maximum Gasteiger partial charge on any atom is 0.259 e. The van der Waals surface area contributed by atoms with Crippen molar-refractivity contribution in [1.29, 1.82) is 0 Å². The molecule has 0 bridgehead atoms. The van der Waals surface area contributed by atoms with Crippen molar-refractivity contribution in [2.24, 2.45) is 0 Å². The zero-order chi connectivity index (χ0) is 18.0. The normalized spacial score (nSPS) is 18.6. The molecule has 8 heteroatoms. The molecule has 0 unspecified atom stereocenters. The highest BCUT2D eigenvalue weighted by atomic mass is 16.5. The molecule has 0 radical (unpaired) electrons. The van der Waals surface area contributed by atoms with Crippen molar-refractivity contribution in [2.45, 2.75) is 52.6 Å². The van der Waals surface area contributed by atoms with Gasteiger partial charge < -0.3 is 13.9 Å². The third kappa shape index (κ3) is 3.89. The summed E-state index contributed by atoms with van der Waals surface area (Å²) in [6.45, 7) is 7.53. The van der Waals surface area contributed by atoms with Crippen molar-refractivity contribution in [3.05, 3.63) is 28.7 Å². The molecule has 2 aromatic rings. The van der Waals surface area contributed by atoms with Crippen LogP contribution < -0.4 is 0 Å². The summed E-state index contributed by atoms with van der Waals surface area (Å²) < 4.78 is 10.2. The van der Waals surface area contributed by atoms with E-state index >= 15 is 0 Å². The first-order chi connectivity index (χ1) is 12.0. The highest BCUT2D eigenvalue weighted by Crippen LogP contribution is 2.21. The van der Waals surface area contributed by atoms with Gasteiger partial charge in [0.25, 0.3) is 5.91 Å². The molecule has 1 amide bonds. The van der Waals surface area contributed by atoms with Gasteiger partial charge in [-0.1, -0.05) is 10.3 Å².